The highest BCUT2D eigenvalue weighted by Gasteiger charge is 2.32. The standard InChI is InChI=1S/C19H27NO2S/c21-18(20-14-19(22)10-12-23-13-11-19)17-8-6-16(7-9-17)15-4-2-1-3-5-15/h1-5,16-17,22H,6-14H2,(H,20,21). The lowest BCUT2D eigenvalue weighted by molar-refractivity contribution is -0.127. The number of benzene rings is 1. The van der Waals surface area contributed by atoms with E-state index < -0.39 is 5.60 Å². The van der Waals surface area contributed by atoms with E-state index in [0.29, 0.717) is 12.5 Å². The minimum Gasteiger partial charge on any atom is -0.388 e. The molecule has 23 heavy (non-hydrogen) atoms. The molecule has 126 valence electrons. The number of carbonyl (C=O) groups excluding carboxylic acids is 1. The van der Waals surface area contributed by atoms with Crippen LogP contribution in [-0.2, 0) is 4.79 Å². The van der Waals surface area contributed by atoms with E-state index in [9.17, 15) is 9.90 Å². The van der Waals surface area contributed by atoms with Crippen molar-refractivity contribution in [3.8, 4) is 0 Å². The van der Waals surface area contributed by atoms with Gasteiger partial charge in [0, 0.05) is 12.5 Å². The molecule has 0 spiro atoms. The Morgan fingerprint density at radius 1 is 1.13 bits per heavy atom. The van der Waals surface area contributed by atoms with Gasteiger partial charge in [-0.25, -0.2) is 0 Å². The van der Waals surface area contributed by atoms with Crippen molar-refractivity contribution in [3.63, 3.8) is 0 Å². The number of aliphatic hydroxyl groups is 1. The third-order valence-corrected chi connectivity index (χ3v) is 6.37. The number of hydrogen-bond acceptors (Lipinski definition) is 3. The van der Waals surface area contributed by atoms with E-state index in [4.69, 9.17) is 0 Å². The Morgan fingerprint density at radius 2 is 1.78 bits per heavy atom. The Labute approximate surface area is 143 Å². The van der Waals surface area contributed by atoms with Crippen molar-refractivity contribution in [2.24, 2.45) is 5.92 Å². The molecule has 4 heteroatoms. The molecule has 3 nitrogen and oxygen atoms in total. The smallest absolute Gasteiger partial charge is 0.223 e. The zero-order valence-corrected chi connectivity index (χ0v) is 14.5. The lowest BCUT2D eigenvalue weighted by atomic mass is 9.78. The molecule has 0 atom stereocenters. The summed E-state index contributed by atoms with van der Waals surface area (Å²) >= 11 is 1.88. The normalized spacial score (nSPS) is 27.3. The number of thioether (sulfide) groups is 1. The van der Waals surface area contributed by atoms with Gasteiger partial charge < -0.3 is 10.4 Å². The molecular formula is C19H27NO2S. The third kappa shape index (κ3) is 4.51. The first-order chi connectivity index (χ1) is 11.2. The second-order valence-electron chi connectivity index (χ2n) is 7.01. The van der Waals surface area contributed by atoms with Crippen molar-refractivity contribution in [1.82, 2.24) is 5.32 Å². The van der Waals surface area contributed by atoms with Gasteiger partial charge in [0.2, 0.25) is 5.91 Å². The van der Waals surface area contributed by atoms with Crippen molar-refractivity contribution in [2.45, 2.75) is 50.0 Å². The molecule has 1 saturated heterocycles. The zero-order valence-electron chi connectivity index (χ0n) is 13.7. The maximum Gasteiger partial charge on any atom is 0.223 e. The van der Waals surface area contributed by atoms with Gasteiger partial charge in [-0.05, 0) is 61.5 Å². The van der Waals surface area contributed by atoms with E-state index in [1.807, 2.05) is 11.8 Å². The van der Waals surface area contributed by atoms with E-state index in [1.165, 1.54) is 5.56 Å². The minimum atomic E-state index is -0.678. The molecule has 0 bridgehead atoms. The van der Waals surface area contributed by atoms with Gasteiger partial charge in [-0.2, -0.15) is 11.8 Å². The number of hydrogen-bond donors (Lipinski definition) is 2. The zero-order chi connectivity index (χ0) is 16.1. The van der Waals surface area contributed by atoms with Gasteiger partial charge in [-0.1, -0.05) is 30.3 Å². The molecule has 1 aromatic rings. The summed E-state index contributed by atoms with van der Waals surface area (Å²) in [5.41, 5.74) is 0.725. The van der Waals surface area contributed by atoms with Gasteiger partial charge in [0.15, 0.2) is 0 Å². The summed E-state index contributed by atoms with van der Waals surface area (Å²) in [4.78, 5) is 12.4. The Bertz CT molecular complexity index is 505. The number of amides is 1. The van der Waals surface area contributed by atoms with Gasteiger partial charge in [0.25, 0.3) is 0 Å². The van der Waals surface area contributed by atoms with Gasteiger partial charge >= 0.3 is 0 Å². The average Bonchev–Trinajstić information content (AvgIpc) is 2.61. The second-order valence-corrected chi connectivity index (χ2v) is 8.24. The van der Waals surface area contributed by atoms with Crippen LogP contribution in [0.3, 0.4) is 0 Å². The number of carbonyl (C=O) groups is 1. The molecule has 1 aromatic carbocycles. The second kappa shape index (κ2) is 7.71. The molecule has 3 rings (SSSR count). The predicted molar refractivity (Wildman–Crippen MR) is 95.7 cm³/mol. The molecule has 1 aliphatic heterocycles. The fourth-order valence-electron chi connectivity index (χ4n) is 3.74. The summed E-state index contributed by atoms with van der Waals surface area (Å²) in [5, 5.41) is 13.5. The van der Waals surface area contributed by atoms with Crippen molar-refractivity contribution >= 4 is 17.7 Å². The van der Waals surface area contributed by atoms with E-state index in [1.54, 1.807) is 0 Å². The Morgan fingerprint density at radius 3 is 2.43 bits per heavy atom. The quantitative estimate of drug-likeness (QED) is 0.888. The summed E-state index contributed by atoms with van der Waals surface area (Å²) < 4.78 is 0. The van der Waals surface area contributed by atoms with E-state index in [-0.39, 0.29) is 11.8 Å². The highest BCUT2D eigenvalue weighted by Crippen LogP contribution is 2.35. The van der Waals surface area contributed by atoms with Crippen LogP contribution < -0.4 is 5.32 Å². The topological polar surface area (TPSA) is 49.3 Å². The summed E-state index contributed by atoms with van der Waals surface area (Å²) in [6.07, 6.45) is 5.67. The SMILES string of the molecule is O=C(NCC1(O)CCSCC1)C1CCC(c2ccccc2)CC1. The molecule has 0 radical (unpaired) electrons. The molecule has 2 N–H and O–H groups in total. The average molecular weight is 333 g/mol. The summed E-state index contributed by atoms with van der Waals surface area (Å²) in [6.45, 7) is 0.422. The van der Waals surface area contributed by atoms with Crippen molar-refractivity contribution in [2.75, 3.05) is 18.1 Å². The van der Waals surface area contributed by atoms with Gasteiger partial charge in [0.05, 0.1) is 5.60 Å². The van der Waals surface area contributed by atoms with Crippen LogP contribution in [-0.4, -0.2) is 34.7 Å². The molecule has 1 aliphatic carbocycles. The maximum absolute atomic E-state index is 12.4. The molecule has 1 heterocycles. The summed E-state index contributed by atoms with van der Waals surface area (Å²) in [5.74, 6) is 2.85. The van der Waals surface area contributed by atoms with Crippen molar-refractivity contribution < 1.29 is 9.90 Å². The van der Waals surface area contributed by atoms with Crippen LogP contribution in [0.15, 0.2) is 30.3 Å². The van der Waals surface area contributed by atoms with E-state index in [0.717, 1.165) is 50.0 Å². The minimum absolute atomic E-state index is 0.122. The lowest BCUT2D eigenvalue weighted by Crippen LogP contribution is -2.47. The van der Waals surface area contributed by atoms with E-state index in [2.05, 4.69) is 35.6 Å². The van der Waals surface area contributed by atoms with Crippen LogP contribution >= 0.6 is 11.8 Å². The Kier molecular flexibility index (Phi) is 5.65. The van der Waals surface area contributed by atoms with Crippen LogP contribution in [0.4, 0.5) is 0 Å². The first kappa shape index (κ1) is 16.8. The molecule has 0 unspecified atom stereocenters. The van der Waals surface area contributed by atoms with Gasteiger partial charge in [-0.3, -0.25) is 4.79 Å². The van der Waals surface area contributed by atoms with Gasteiger partial charge in [-0.15, -0.1) is 0 Å². The first-order valence-electron chi connectivity index (χ1n) is 8.79. The third-order valence-electron chi connectivity index (χ3n) is 5.38. The molecular weight excluding hydrogens is 306 g/mol. The van der Waals surface area contributed by atoms with Gasteiger partial charge in [0.1, 0.15) is 0 Å². The largest absolute Gasteiger partial charge is 0.388 e. The number of rotatable bonds is 4. The highest BCUT2D eigenvalue weighted by atomic mass is 32.2. The van der Waals surface area contributed by atoms with Crippen molar-refractivity contribution in [1.29, 1.82) is 0 Å². The fourth-order valence-corrected chi connectivity index (χ4v) is 4.99. The number of nitrogens with one attached hydrogen (secondary N) is 1. The summed E-state index contributed by atoms with van der Waals surface area (Å²) in [6, 6.07) is 10.6. The highest BCUT2D eigenvalue weighted by molar-refractivity contribution is 7.99. The van der Waals surface area contributed by atoms with Crippen LogP contribution in [0.25, 0.3) is 0 Å². The van der Waals surface area contributed by atoms with Crippen LogP contribution in [0.5, 0.6) is 0 Å². The lowest BCUT2D eigenvalue weighted by Gasteiger charge is -2.33. The first-order valence-corrected chi connectivity index (χ1v) is 9.95. The molecule has 1 amide bonds. The molecule has 2 fully saturated rings. The predicted octanol–water partition coefficient (Wildman–Crippen LogP) is 3.33. The van der Waals surface area contributed by atoms with Crippen molar-refractivity contribution in [3.05, 3.63) is 35.9 Å². The molecule has 0 aromatic heterocycles. The van der Waals surface area contributed by atoms with Crippen LogP contribution in [0.1, 0.15) is 50.0 Å². The molecule has 1 saturated carbocycles. The fraction of sp³-hybridized carbons (Fsp3) is 0.632. The molecule has 2 aliphatic rings. The van der Waals surface area contributed by atoms with E-state index >= 15 is 0 Å². The monoisotopic (exact) mass is 333 g/mol. The van der Waals surface area contributed by atoms with Crippen LogP contribution in [0, 0.1) is 5.92 Å². The van der Waals surface area contributed by atoms with Crippen LogP contribution in [0.2, 0.25) is 0 Å². The maximum atomic E-state index is 12.4. The Balaban J connectivity index is 1.45. The Hall–Kier alpha value is -1.00. The summed E-state index contributed by atoms with van der Waals surface area (Å²) in [7, 11) is 0.